The van der Waals surface area contributed by atoms with Crippen molar-refractivity contribution in [3.63, 3.8) is 0 Å². The standard InChI is InChI=1S/C29H34N6O7/c1-15(37)25(30)28(40)35-24(14-36)27(39)33-22(10-16-12-31-20-8-4-2-6-18(16)20)26(38)34-23(29(41)42)11-17-13-32-21-9-5-3-7-19(17)21/h2-9,12-13,15,22-25,31-32,36-37H,10-11,14,30H2,1H3,(H,33,39)(H,34,38)(H,35,40)(H,41,42). The van der Waals surface area contributed by atoms with E-state index in [0.29, 0.717) is 11.1 Å². The van der Waals surface area contributed by atoms with E-state index in [4.69, 9.17) is 5.73 Å². The number of aliphatic carboxylic acids is 1. The number of carboxylic acid groups (broad SMARTS) is 1. The Hall–Kier alpha value is -4.72. The number of hydrogen-bond donors (Lipinski definition) is 9. The average molecular weight is 579 g/mol. The number of carboxylic acids is 1. The fourth-order valence-electron chi connectivity index (χ4n) is 4.68. The first kappa shape index (κ1) is 30.2. The Kier molecular flexibility index (Phi) is 9.57. The van der Waals surface area contributed by atoms with E-state index >= 15 is 0 Å². The minimum atomic E-state index is -1.48. The molecule has 222 valence electrons. The number of fused-ring (bicyclic) bond motifs is 2. The largest absolute Gasteiger partial charge is 0.480 e. The number of carbonyl (C=O) groups excluding carboxylic acids is 3. The van der Waals surface area contributed by atoms with E-state index in [9.17, 15) is 34.5 Å². The fraction of sp³-hybridized carbons (Fsp3) is 0.310. The quantitative estimate of drug-likeness (QED) is 0.102. The molecule has 0 spiro atoms. The summed E-state index contributed by atoms with van der Waals surface area (Å²) in [5.74, 6) is -3.81. The molecular formula is C29H34N6O7. The average Bonchev–Trinajstić information content (AvgIpc) is 3.58. The van der Waals surface area contributed by atoms with Gasteiger partial charge in [0.1, 0.15) is 24.2 Å². The van der Waals surface area contributed by atoms with Gasteiger partial charge in [0.25, 0.3) is 0 Å². The molecule has 0 fully saturated rings. The summed E-state index contributed by atoms with van der Waals surface area (Å²) in [4.78, 5) is 57.4. The van der Waals surface area contributed by atoms with Crippen molar-refractivity contribution in [2.45, 2.75) is 50.0 Å². The molecule has 0 saturated heterocycles. The maximum absolute atomic E-state index is 13.6. The molecule has 5 unspecified atom stereocenters. The first-order chi connectivity index (χ1) is 20.1. The smallest absolute Gasteiger partial charge is 0.326 e. The lowest BCUT2D eigenvalue weighted by molar-refractivity contribution is -0.142. The summed E-state index contributed by atoms with van der Waals surface area (Å²) in [6.07, 6.45) is 2.11. The summed E-state index contributed by atoms with van der Waals surface area (Å²) >= 11 is 0. The second-order valence-corrected chi connectivity index (χ2v) is 10.1. The van der Waals surface area contributed by atoms with Crippen molar-refractivity contribution in [1.29, 1.82) is 0 Å². The number of rotatable bonds is 13. The normalized spacial score (nSPS) is 15.0. The summed E-state index contributed by atoms with van der Waals surface area (Å²) in [6.45, 7) is 0.485. The molecule has 0 aliphatic rings. The minimum Gasteiger partial charge on any atom is -0.480 e. The molecule has 4 rings (SSSR count). The van der Waals surface area contributed by atoms with Gasteiger partial charge in [0.2, 0.25) is 17.7 Å². The number of carbonyl (C=O) groups is 4. The first-order valence-electron chi connectivity index (χ1n) is 13.4. The van der Waals surface area contributed by atoms with E-state index in [2.05, 4.69) is 25.9 Å². The molecule has 2 heterocycles. The van der Waals surface area contributed by atoms with Gasteiger partial charge in [-0.05, 0) is 30.2 Å². The van der Waals surface area contributed by atoms with Gasteiger partial charge in [-0.25, -0.2) is 4.79 Å². The molecule has 13 heteroatoms. The number of aromatic nitrogens is 2. The van der Waals surface area contributed by atoms with Crippen LogP contribution in [0.3, 0.4) is 0 Å². The van der Waals surface area contributed by atoms with Crippen molar-refractivity contribution in [2.24, 2.45) is 5.73 Å². The van der Waals surface area contributed by atoms with Crippen molar-refractivity contribution in [1.82, 2.24) is 25.9 Å². The summed E-state index contributed by atoms with van der Waals surface area (Å²) in [5, 5.41) is 38.3. The van der Waals surface area contributed by atoms with Gasteiger partial charge in [-0.1, -0.05) is 36.4 Å². The highest BCUT2D eigenvalue weighted by atomic mass is 16.4. The molecule has 0 bridgehead atoms. The number of hydrogen-bond acceptors (Lipinski definition) is 7. The van der Waals surface area contributed by atoms with E-state index in [-0.39, 0.29) is 12.8 Å². The zero-order valence-corrected chi connectivity index (χ0v) is 22.8. The number of nitrogens with one attached hydrogen (secondary N) is 5. The van der Waals surface area contributed by atoms with E-state index in [0.717, 1.165) is 21.8 Å². The van der Waals surface area contributed by atoms with Crippen LogP contribution >= 0.6 is 0 Å². The molecule has 3 amide bonds. The number of para-hydroxylation sites is 2. The lowest BCUT2D eigenvalue weighted by atomic mass is 10.0. The number of nitrogens with two attached hydrogens (primary N) is 1. The van der Waals surface area contributed by atoms with E-state index < -0.39 is 60.6 Å². The number of benzene rings is 2. The molecule has 13 nitrogen and oxygen atoms in total. The van der Waals surface area contributed by atoms with Crippen LogP contribution in [0.5, 0.6) is 0 Å². The van der Waals surface area contributed by atoms with Gasteiger partial charge in [0.05, 0.1) is 12.7 Å². The Morgan fingerprint density at radius 3 is 1.71 bits per heavy atom. The molecule has 2 aromatic heterocycles. The molecule has 2 aromatic carbocycles. The van der Waals surface area contributed by atoms with E-state index in [1.807, 2.05) is 48.5 Å². The Morgan fingerprint density at radius 1 is 0.762 bits per heavy atom. The van der Waals surface area contributed by atoms with Crippen molar-refractivity contribution in [3.8, 4) is 0 Å². The van der Waals surface area contributed by atoms with Crippen LogP contribution in [0.25, 0.3) is 21.8 Å². The van der Waals surface area contributed by atoms with Crippen LogP contribution in [0.2, 0.25) is 0 Å². The van der Waals surface area contributed by atoms with Crippen molar-refractivity contribution < 1.29 is 34.5 Å². The van der Waals surface area contributed by atoms with Gasteiger partial charge in [-0.3, -0.25) is 14.4 Å². The first-order valence-corrected chi connectivity index (χ1v) is 13.4. The van der Waals surface area contributed by atoms with Crippen LogP contribution in [0.4, 0.5) is 0 Å². The van der Waals surface area contributed by atoms with E-state index in [1.54, 1.807) is 12.4 Å². The zero-order chi connectivity index (χ0) is 30.4. The third kappa shape index (κ3) is 6.94. The second-order valence-electron chi connectivity index (χ2n) is 10.1. The van der Waals surface area contributed by atoms with Crippen LogP contribution in [0.15, 0.2) is 60.9 Å². The molecular weight excluding hydrogens is 544 g/mol. The summed E-state index contributed by atoms with van der Waals surface area (Å²) in [6, 6.07) is 9.26. The highest BCUT2D eigenvalue weighted by Gasteiger charge is 2.31. The van der Waals surface area contributed by atoms with Gasteiger partial charge in [0.15, 0.2) is 0 Å². The maximum atomic E-state index is 13.6. The Bertz CT molecular complexity index is 1580. The number of amides is 3. The van der Waals surface area contributed by atoms with Crippen LogP contribution in [-0.2, 0) is 32.0 Å². The predicted octanol–water partition coefficient (Wildman–Crippen LogP) is -0.326. The molecule has 0 saturated carbocycles. The molecule has 5 atom stereocenters. The summed E-state index contributed by atoms with van der Waals surface area (Å²) in [5.41, 5.74) is 8.61. The van der Waals surface area contributed by atoms with Crippen LogP contribution in [-0.4, -0.2) is 85.9 Å². The van der Waals surface area contributed by atoms with Crippen molar-refractivity contribution in [3.05, 3.63) is 72.1 Å². The number of aliphatic hydroxyl groups excluding tert-OH is 2. The van der Waals surface area contributed by atoms with Gasteiger partial charge in [-0.2, -0.15) is 0 Å². The summed E-state index contributed by atoms with van der Waals surface area (Å²) in [7, 11) is 0. The zero-order valence-electron chi connectivity index (χ0n) is 22.8. The van der Waals surface area contributed by atoms with Crippen molar-refractivity contribution >= 4 is 45.5 Å². The molecule has 42 heavy (non-hydrogen) atoms. The van der Waals surface area contributed by atoms with Crippen molar-refractivity contribution in [2.75, 3.05) is 6.61 Å². The predicted molar refractivity (Wildman–Crippen MR) is 154 cm³/mol. The monoisotopic (exact) mass is 578 g/mol. The Morgan fingerprint density at radius 2 is 1.21 bits per heavy atom. The Labute approximate surface area is 240 Å². The minimum absolute atomic E-state index is 0.0224. The lowest BCUT2D eigenvalue weighted by Crippen LogP contribution is -2.59. The third-order valence-electron chi connectivity index (χ3n) is 7.08. The highest BCUT2D eigenvalue weighted by Crippen LogP contribution is 2.21. The van der Waals surface area contributed by atoms with Crippen LogP contribution in [0, 0.1) is 0 Å². The maximum Gasteiger partial charge on any atom is 0.326 e. The number of H-pyrrole nitrogens is 2. The van der Waals surface area contributed by atoms with Crippen LogP contribution < -0.4 is 21.7 Å². The Balaban J connectivity index is 1.56. The summed E-state index contributed by atoms with van der Waals surface area (Å²) < 4.78 is 0. The highest BCUT2D eigenvalue weighted by molar-refractivity contribution is 5.95. The van der Waals surface area contributed by atoms with Gasteiger partial charge >= 0.3 is 5.97 Å². The SMILES string of the molecule is CC(O)C(N)C(=O)NC(CO)C(=O)NC(Cc1c[nH]c2ccccc12)C(=O)NC(Cc1c[nH]c2ccccc12)C(=O)O. The number of aliphatic hydroxyl groups is 2. The van der Waals surface area contributed by atoms with Gasteiger partial charge in [0, 0.05) is 47.0 Å². The molecule has 4 aromatic rings. The number of aromatic amines is 2. The molecule has 0 aliphatic heterocycles. The van der Waals surface area contributed by atoms with Crippen LogP contribution in [0.1, 0.15) is 18.1 Å². The molecule has 0 aliphatic carbocycles. The van der Waals surface area contributed by atoms with E-state index in [1.165, 1.54) is 6.92 Å². The lowest BCUT2D eigenvalue weighted by Gasteiger charge is -2.25. The second kappa shape index (κ2) is 13.3. The van der Waals surface area contributed by atoms with Gasteiger partial charge < -0.3 is 47.0 Å². The topological polar surface area (TPSA) is 223 Å². The fourth-order valence-corrected chi connectivity index (χ4v) is 4.68. The third-order valence-corrected chi connectivity index (χ3v) is 7.08. The molecule has 0 radical (unpaired) electrons. The molecule has 10 N–H and O–H groups in total. The van der Waals surface area contributed by atoms with Gasteiger partial charge in [-0.15, -0.1) is 0 Å².